The van der Waals surface area contributed by atoms with Crippen LogP contribution in [0.25, 0.3) is 0 Å². The van der Waals surface area contributed by atoms with Crippen molar-refractivity contribution >= 4 is 11.9 Å². The maximum atomic E-state index is 12.5. The van der Waals surface area contributed by atoms with Crippen molar-refractivity contribution in [2.24, 2.45) is 0 Å². The van der Waals surface area contributed by atoms with Crippen LogP contribution < -0.4 is 5.32 Å². The Morgan fingerprint density at radius 1 is 0.415 bits per heavy atom. The molecule has 65 heavy (non-hydrogen) atoms. The Bertz CT molecular complexity index is 1010. The highest BCUT2D eigenvalue weighted by atomic mass is 16.5. The van der Waals surface area contributed by atoms with Crippen LogP contribution >= 0.6 is 0 Å². The molecule has 0 aliphatic rings. The smallest absolute Gasteiger partial charge is 0.305 e. The molecule has 384 valence electrons. The fourth-order valence-corrected chi connectivity index (χ4v) is 8.98. The molecule has 0 radical (unpaired) electrons. The number of ether oxygens (including phenoxy) is 1. The van der Waals surface area contributed by atoms with Gasteiger partial charge in [0, 0.05) is 12.8 Å². The van der Waals surface area contributed by atoms with Crippen molar-refractivity contribution in [2.75, 3.05) is 13.2 Å². The summed E-state index contributed by atoms with van der Waals surface area (Å²) in [5.74, 6) is -0.0929. The summed E-state index contributed by atoms with van der Waals surface area (Å²) in [4.78, 5) is 24.5. The first-order valence-corrected chi connectivity index (χ1v) is 29.1. The summed E-state index contributed by atoms with van der Waals surface area (Å²) in [6, 6.07) is -0.638. The lowest BCUT2D eigenvalue weighted by molar-refractivity contribution is -0.143. The molecule has 2 unspecified atom stereocenters. The highest BCUT2D eigenvalue weighted by Gasteiger charge is 2.18. The number of esters is 1. The van der Waals surface area contributed by atoms with E-state index in [1.807, 2.05) is 6.08 Å². The average molecular weight is 917 g/mol. The van der Waals surface area contributed by atoms with Crippen molar-refractivity contribution in [2.45, 2.75) is 328 Å². The van der Waals surface area contributed by atoms with E-state index in [-0.39, 0.29) is 18.5 Å². The van der Waals surface area contributed by atoms with Crippen molar-refractivity contribution < 1.29 is 24.5 Å². The van der Waals surface area contributed by atoms with Crippen molar-refractivity contribution in [1.29, 1.82) is 0 Å². The summed E-state index contributed by atoms with van der Waals surface area (Å²) in [6.07, 6.45) is 66.2. The Kier molecular flexibility index (Phi) is 53.5. The number of carbonyl (C=O) groups is 2. The minimum atomic E-state index is -0.854. The first kappa shape index (κ1) is 63.3. The Morgan fingerprint density at radius 3 is 1.09 bits per heavy atom. The normalized spacial score (nSPS) is 12.7. The minimum absolute atomic E-state index is 0.0143. The van der Waals surface area contributed by atoms with Crippen molar-refractivity contribution in [3.63, 3.8) is 0 Å². The van der Waals surface area contributed by atoms with Crippen LogP contribution in [-0.2, 0) is 14.3 Å². The molecule has 0 saturated heterocycles. The predicted molar refractivity (Wildman–Crippen MR) is 283 cm³/mol. The molecule has 0 bridgehead atoms. The van der Waals surface area contributed by atoms with E-state index in [4.69, 9.17) is 4.74 Å². The third kappa shape index (κ3) is 51.6. The van der Waals surface area contributed by atoms with Gasteiger partial charge in [-0.3, -0.25) is 9.59 Å². The second-order valence-corrected chi connectivity index (χ2v) is 20.0. The number of unbranched alkanes of at least 4 members (excludes halogenated alkanes) is 41. The van der Waals surface area contributed by atoms with Crippen molar-refractivity contribution in [1.82, 2.24) is 5.32 Å². The van der Waals surface area contributed by atoms with E-state index >= 15 is 0 Å². The molecule has 3 N–H and O–H groups in total. The van der Waals surface area contributed by atoms with Gasteiger partial charge in [0.05, 0.1) is 25.4 Å². The number of aliphatic hydroxyl groups excluding tert-OH is 2. The molecule has 0 heterocycles. The van der Waals surface area contributed by atoms with Gasteiger partial charge >= 0.3 is 5.97 Å². The minimum Gasteiger partial charge on any atom is -0.466 e. The summed E-state index contributed by atoms with van der Waals surface area (Å²) < 4.78 is 5.47. The van der Waals surface area contributed by atoms with E-state index in [1.54, 1.807) is 6.08 Å². The maximum Gasteiger partial charge on any atom is 0.305 e. The SMILES string of the molecule is CCCCCCCC/C=C\CCCCCCCC(=O)OCCCCCCCCCCCCCCCC(=O)NC(CO)C(O)/C=C/CCCCCCCCCCCCCCCCCCCC. The second-order valence-electron chi connectivity index (χ2n) is 20.0. The van der Waals surface area contributed by atoms with Crippen LogP contribution in [0.1, 0.15) is 316 Å². The molecule has 0 aromatic carbocycles. The lowest BCUT2D eigenvalue weighted by atomic mass is 10.0. The molecular formula is C59H113NO5. The van der Waals surface area contributed by atoms with Gasteiger partial charge in [-0.2, -0.15) is 0 Å². The van der Waals surface area contributed by atoms with Crippen LogP contribution in [0, 0.1) is 0 Å². The van der Waals surface area contributed by atoms with E-state index in [9.17, 15) is 19.8 Å². The number of aliphatic hydroxyl groups is 2. The molecule has 2 atom stereocenters. The van der Waals surface area contributed by atoms with Crippen molar-refractivity contribution in [3.8, 4) is 0 Å². The van der Waals surface area contributed by atoms with Crippen LogP contribution in [0.4, 0.5) is 0 Å². The van der Waals surface area contributed by atoms with E-state index < -0.39 is 12.1 Å². The number of hydrogen-bond donors (Lipinski definition) is 3. The highest BCUT2D eigenvalue weighted by Crippen LogP contribution is 2.17. The number of hydrogen-bond acceptors (Lipinski definition) is 5. The largest absolute Gasteiger partial charge is 0.466 e. The van der Waals surface area contributed by atoms with Gasteiger partial charge in [-0.15, -0.1) is 0 Å². The Balaban J connectivity index is 3.48. The first-order valence-electron chi connectivity index (χ1n) is 29.1. The molecule has 0 aliphatic carbocycles. The lowest BCUT2D eigenvalue weighted by Gasteiger charge is -2.20. The molecule has 6 nitrogen and oxygen atoms in total. The lowest BCUT2D eigenvalue weighted by Crippen LogP contribution is -2.45. The Hall–Kier alpha value is -1.66. The summed E-state index contributed by atoms with van der Waals surface area (Å²) in [5.41, 5.74) is 0. The zero-order valence-corrected chi connectivity index (χ0v) is 43.7. The molecule has 0 aromatic heterocycles. The summed E-state index contributed by atoms with van der Waals surface area (Å²) in [5, 5.41) is 23.2. The highest BCUT2D eigenvalue weighted by molar-refractivity contribution is 5.76. The monoisotopic (exact) mass is 916 g/mol. The predicted octanol–water partition coefficient (Wildman–Crippen LogP) is 17.9. The summed E-state index contributed by atoms with van der Waals surface area (Å²) in [6.45, 7) is 4.88. The average Bonchev–Trinajstić information content (AvgIpc) is 3.31. The number of carbonyl (C=O) groups excluding carboxylic acids is 2. The Morgan fingerprint density at radius 2 is 0.723 bits per heavy atom. The van der Waals surface area contributed by atoms with Crippen LogP contribution in [0.2, 0.25) is 0 Å². The van der Waals surface area contributed by atoms with Gasteiger partial charge in [0.15, 0.2) is 0 Å². The molecule has 0 aromatic rings. The zero-order chi connectivity index (χ0) is 47.2. The molecule has 0 rings (SSSR count). The summed E-state index contributed by atoms with van der Waals surface area (Å²) >= 11 is 0. The van der Waals surface area contributed by atoms with Crippen LogP contribution in [0.5, 0.6) is 0 Å². The van der Waals surface area contributed by atoms with Gasteiger partial charge in [0.25, 0.3) is 0 Å². The van der Waals surface area contributed by atoms with Crippen LogP contribution in [-0.4, -0.2) is 47.4 Å². The fourth-order valence-electron chi connectivity index (χ4n) is 8.98. The molecular weight excluding hydrogens is 803 g/mol. The van der Waals surface area contributed by atoms with Gasteiger partial charge in [-0.25, -0.2) is 0 Å². The zero-order valence-electron chi connectivity index (χ0n) is 43.7. The van der Waals surface area contributed by atoms with E-state index in [2.05, 4.69) is 31.3 Å². The number of nitrogens with one attached hydrogen (secondary N) is 1. The van der Waals surface area contributed by atoms with Gasteiger partial charge in [0.2, 0.25) is 5.91 Å². The third-order valence-corrected chi connectivity index (χ3v) is 13.5. The van der Waals surface area contributed by atoms with Gasteiger partial charge in [-0.05, 0) is 57.8 Å². The number of rotatable bonds is 54. The van der Waals surface area contributed by atoms with Gasteiger partial charge < -0.3 is 20.3 Å². The van der Waals surface area contributed by atoms with Gasteiger partial charge in [0.1, 0.15) is 0 Å². The fraction of sp³-hybridized carbons (Fsp3) is 0.898. The van der Waals surface area contributed by atoms with E-state index in [0.29, 0.717) is 19.4 Å². The van der Waals surface area contributed by atoms with Crippen LogP contribution in [0.15, 0.2) is 24.3 Å². The second kappa shape index (κ2) is 54.9. The van der Waals surface area contributed by atoms with E-state index in [0.717, 1.165) is 57.8 Å². The number of allylic oxidation sites excluding steroid dienone is 3. The molecule has 0 fully saturated rings. The Labute approximate surface area is 405 Å². The van der Waals surface area contributed by atoms with E-state index in [1.165, 1.54) is 231 Å². The molecule has 0 aliphatic heterocycles. The standard InChI is InChI=1S/C59H113NO5/c1-3-5-7-9-11-13-15-17-19-20-21-22-23-25-27-31-35-39-43-47-51-57(62)56(55-61)60-58(63)52-48-44-40-36-32-28-26-30-34-38-42-46-50-54-65-59(64)53-49-45-41-37-33-29-24-18-16-14-12-10-8-6-4-2/h18,24,47,51,56-57,61-62H,3-17,19-23,25-46,48-50,52-55H2,1-2H3,(H,60,63)/b24-18-,51-47+. The first-order chi connectivity index (χ1) is 32.0. The summed E-state index contributed by atoms with van der Waals surface area (Å²) in [7, 11) is 0. The molecule has 0 saturated carbocycles. The molecule has 1 amide bonds. The molecule has 6 heteroatoms. The van der Waals surface area contributed by atoms with Gasteiger partial charge in [-0.1, -0.05) is 269 Å². The van der Waals surface area contributed by atoms with Crippen LogP contribution in [0.3, 0.4) is 0 Å². The topological polar surface area (TPSA) is 95.9 Å². The maximum absolute atomic E-state index is 12.5. The third-order valence-electron chi connectivity index (χ3n) is 13.5. The molecule has 0 spiro atoms. The van der Waals surface area contributed by atoms with Crippen molar-refractivity contribution in [3.05, 3.63) is 24.3 Å². The quantitative estimate of drug-likeness (QED) is 0.0321. The number of amides is 1.